The van der Waals surface area contributed by atoms with Gasteiger partial charge in [-0.25, -0.2) is 14.4 Å². The lowest BCUT2D eigenvalue weighted by molar-refractivity contribution is -0.140. The van der Waals surface area contributed by atoms with E-state index in [2.05, 4.69) is 10.6 Å². The first-order valence-electron chi connectivity index (χ1n) is 6.88. The molecule has 0 aliphatic carbocycles. The highest BCUT2D eigenvalue weighted by molar-refractivity contribution is 5.86. The van der Waals surface area contributed by atoms with Gasteiger partial charge in [-0.1, -0.05) is 13.8 Å². The number of carbonyl (C=O) groups excluding carboxylic acids is 1. The standard InChI is InChI=1S/C13H22N2O7/c1-7(2)3-4-8(11(18)19)14-13(22)15-9(12(20)21)5-6-10(16)17/h7-9H,3-6H2,1-2H3,(H,16,17)(H,18,19)(H,20,21)(H2,14,15,22)/t8-,9-/m0/s1. The van der Waals surface area contributed by atoms with Crippen LogP contribution in [0, 0.1) is 5.92 Å². The summed E-state index contributed by atoms with van der Waals surface area (Å²) < 4.78 is 0. The fourth-order valence-electron chi connectivity index (χ4n) is 1.64. The van der Waals surface area contributed by atoms with E-state index in [1.165, 1.54) is 0 Å². The van der Waals surface area contributed by atoms with E-state index in [0.29, 0.717) is 6.42 Å². The highest BCUT2D eigenvalue weighted by Gasteiger charge is 2.24. The molecule has 22 heavy (non-hydrogen) atoms. The van der Waals surface area contributed by atoms with Gasteiger partial charge in [-0.05, 0) is 25.2 Å². The number of nitrogens with one attached hydrogen (secondary N) is 2. The quantitative estimate of drug-likeness (QED) is 0.393. The van der Waals surface area contributed by atoms with Gasteiger partial charge in [0.2, 0.25) is 0 Å². The van der Waals surface area contributed by atoms with E-state index >= 15 is 0 Å². The van der Waals surface area contributed by atoms with Crippen LogP contribution in [0.4, 0.5) is 4.79 Å². The lowest BCUT2D eigenvalue weighted by Crippen LogP contribution is -2.51. The van der Waals surface area contributed by atoms with Crippen LogP contribution in [0.25, 0.3) is 0 Å². The largest absolute Gasteiger partial charge is 0.481 e. The van der Waals surface area contributed by atoms with Gasteiger partial charge in [-0.2, -0.15) is 0 Å². The summed E-state index contributed by atoms with van der Waals surface area (Å²) in [6.07, 6.45) is 0.0840. The molecule has 5 N–H and O–H groups in total. The monoisotopic (exact) mass is 318 g/mol. The molecule has 0 saturated heterocycles. The SMILES string of the molecule is CC(C)CC[C@H](NC(=O)N[C@@H](CCC(=O)O)C(=O)O)C(=O)O. The molecule has 0 spiro atoms. The van der Waals surface area contributed by atoms with E-state index < -0.39 is 42.4 Å². The van der Waals surface area contributed by atoms with Crippen molar-refractivity contribution >= 4 is 23.9 Å². The van der Waals surface area contributed by atoms with Crippen molar-refractivity contribution < 1.29 is 34.5 Å². The van der Waals surface area contributed by atoms with Gasteiger partial charge in [-0.3, -0.25) is 4.79 Å². The second-order valence-corrected chi connectivity index (χ2v) is 5.30. The van der Waals surface area contributed by atoms with E-state index in [1.54, 1.807) is 0 Å². The smallest absolute Gasteiger partial charge is 0.326 e. The minimum atomic E-state index is -1.39. The molecule has 0 bridgehead atoms. The van der Waals surface area contributed by atoms with Crippen molar-refractivity contribution in [1.29, 1.82) is 0 Å². The summed E-state index contributed by atoms with van der Waals surface area (Å²) in [7, 11) is 0. The highest BCUT2D eigenvalue weighted by atomic mass is 16.4. The lowest BCUT2D eigenvalue weighted by atomic mass is 10.0. The Hall–Kier alpha value is -2.32. The molecule has 126 valence electrons. The first-order chi connectivity index (χ1) is 10.1. The third-order valence-corrected chi connectivity index (χ3v) is 2.89. The summed E-state index contributed by atoms with van der Waals surface area (Å²) in [6, 6.07) is -3.47. The molecule has 0 fully saturated rings. The van der Waals surface area contributed by atoms with Crippen molar-refractivity contribution in [1.82, 2.24) is 10.6 Å². The van der Waals surface area contributed by atoms with Crippen molar-refractivity contribution in [2.24, 2.45) is 5.92 Å². The average Bonchev–Trinajstić information content (AvgIpc) is 2.38. The Kier molecular flexibility index (Phi) is 8.58. The number of carboxylic acid groups (broad SMARTS) is 3. The Morgan fingerprint density at radius 2 is 1.27 bits per heavy atom. The Bertz CT molecular complexity index is 423. The number of amides is 2. The molecule has 0 aromatic heterocycles. The Balaban J connectivity index is 4.54. The maximum atomic E-state index is 11.7. The third-order valence-electron chi connectivity index (χ3n) is 2.89. The summed E-state index contributed by atoms with van der Waals surface area (Å²) in [5.41, 5.74) is 0. The Labute approximate surface area is 127 Å². The molecule has 0 aromatic rings. The lowest BCUT2D eigenvalue weighted by Gasteiger charge is -2.18. The van der Waals surface area contributed by atoms with Crippen LogP contribution in [0.2, 0.25) is 0 Å². The van der Waals surface area contributed by atoms with Crippen LogP contribution in [0.3, 0.4) is 0 Å². The van der Waals surface area contributed by atoms with E-state index in [4.69, 9.17) is 15.3 Å². The van der Waals surface area contributed by atoms with Crippen LogP contribution in [0.15, 0.2) is 0 Å². The number of hydrogen-bond donors (Lipinski definition) is 5. The minimum absolute atomic E-state index is 0.216. The van der Waals surface area contributed by atoms with Gasteiger partial charge in [-0.15, -0.1) is 0 Å². The molecule has 0 saturated carbocycles. The average molecular weight is 318 g/mol. The highest BCUT2D eigenvalue weighted by Crippen LogP contribution is 2.07. The first kappa shape index (κ1) is 19.7. The summed E-state index contributed by atoms with van der Waals surface area (Å²) >= 11 is 0. The fourth-order valence-corrected chi connectivity index (χ4v) is 1.64. The van der Waals surface area contributed by atoms with Crippen molar-refractivity contribution in [3.8, 4) is 0 Å². The van der Waals surface area contributed by atoms with Gasteiger partial charge in [0.15, 0.2) is 0 Å². The molecule has 2 amide bonds. The van der Waals surface area contributed by atoms with Gasteiger partial charge in [0, 0.05) is 6.42 Å². The molecule has 0 aromatic carbocycles. The number of carboxylic acids is 3. The second kappa shape index (κ2) is 9.59. The first-order valence-corrected chi connectivity index (χ1v) is 6.88. The molecule has 0 heterocycles. The number of rotatable bonds is 10. The summed E-state index contributed by atoms with van der Waals surface area (Å²) in [6.45, 7) is 3.82. The van der Waals surface area contributed by atoms with E-state index in [1.807, 2.05) is 13.8 Å². The topological polar surface area (TPSA) is 153 Å². The molecule has 0 unspecified atom stereocenters. The molecule has 0 aliphatic rings. The second-order valence-electron chi connectivity index (χ2n) is 5.30. The molecule has 2 atom stereocenters. The van der Waals surface area contributed by atoms with Crippen LogP contribution < -0.4 is 10.6 Å². The zero-order chi connectivity index (χ0) is 17.3. The van der Waals surface area contributed by atoms with Crippen molar-refractivity contribution in [3.05, 3.63) is 0 Å². The van der Waals surface area contributed by atoms with Gasteiger partial charge in [0.25, 0.3) is 0 Å². The summed E-state index contributed by atoms with van der Waals surface area (Å²) in [5, 5.41) is 30.7. The molecule has 0 aliphatic heterocycles. The van der Waals surface area contributed by atoms with Crippen LogP contribution in [0.5, 0.6) is 0 Å². The molecule has 0 radical (unpaired) electrons. The van der Waals surface area contributed by atoms with Crippen molar-refractivity contribution in [2.75, 3.05) is 0 Å². The molecule has 9 nitrogen and oxygen atoms in total. The zero-order valence-corrected chi connectivity index (χ0v) is 12.5. The fraction of sp³-hybridized carbons (Fsp3) is 0.692. The van der Waals surface area contributed by atoms with Gasteiger partial charge in [0.05, 0.1) is 0 Å². The van der Waals surface area contributed by atoms with Crippen molar-refractivity contribution in [2.45, 2.75) is 51.6 Å². The van der Waals surface area contributed by atoms with Crippen LogP contribution in [-0.4, -0.2) is 51.3 Å². The Morgan fingerprint density at radius 3 is 1.64 bits per heavy atom. The number of aliphatic carboxylic acids is 3. The van der Waals surface area contributed by atoms with E-state index in [9.17, 15) is 19.2 Å². The van der Waals surface area contributed by atoms with Crippen LogP contribution >= 0.6 is 0 Å². The molecular formula is C13H22N2O7. The maximum Gasteiger partial charge on any atom is 0.326 e. The van der Waals surface area contributed by atoms with Crippen LogP contribution in [0.1, 0.15) is 39.5 Å². The third kappa shape index (κ3) is 8.77. The molecular weight excluding hydrogens is 296 g/mol. The predicted octanol–water partition coefficient (Wildman–Crippen LogP) is 0.493. The van der Waals surface area contributed by atoms with Crippen molar-refractivity contribution in [3.63, 3.8) is 0 Å². The Morgan fingerprint density at radius 1 is 0.818 bits per heavy atom. The predicted molar refractivity (Wildman–Crippen MR) is 75.5 cm³/mol. The molecule has 0 rings (SSSR count). The summed E-state index contributed by atoms with van der Waals surface area (Å²) in [5.74, 6) is -3.53. The number of hydrogen-bond acceptors (Lipinski definition) is 4. The van der Waals surface area contributed by atoms with Crippen LogP contribution in [-0.2, 0) is 14.4 Å². The maximum absolute atomic E-state index is 11.7. The number of carbonyl (C=O) groups is 4. The van der Waals surface area contributed by atoms with Gasteiger partial charge < -0.3 is 26.0 Å². The van der Waals surface area contributed by atoms with Gasteiger partial charge in [0.1, 0.15) is 12.1 Å². The normalized spacial score (nSPS) is 13.2. The molecule has 9 heteroatoms. The van der Waals surface area contributed by atoms with Gasteiger partial charge >= 0.3 is 23.9 Å². The number of urea groups is 1. The minimum Gasteiger partial charge on any atom is -0.481 e. The van der Waals surface area contributed by atoms with E-state index in [-0.39, 0.29) is 18.8 Å². The summed E-state index contributed by atoms with van der Waals surface area (Å²) in [4.78, 5) is 44.1. The zero-order valence-electron chi connectivity index (χ0n) is 12.5. The van der Waals surface area contributed by atoms with E-state index in [0.717, 1.165) is 0 Å².